The van der Waals surface area contributed by atoms with Gasteiger partial charge in [0.1, 0.15) is 0 Å². The van der Waals surface area contributed by atoms with Gasteiger partial charge in [-0.2, -0.15) is 0 Å². The summed E-state index contributed by atoms with van der Waals surface area (Å²) in [4.78, 5) is 0.376. The number of nitrogens with one attached hydrogen (secondary N) is 1. The van der Waals surface area contributed by atoms with E-state index in [-0.39, 0.29) is 5.75 Å². The van der Waals surface area contributed by atoms with Gasteiger partial charge in [0.05, 0.1) is 16.3 Å². The van der Waals surface area contributed by atoms with Crippen LogP contribution in [0.1, 0.15) is 25.0 Å². The number of anilines is 1. The van der Waals surface area contributed by atoms with Gasteiger partial charge in [0, 0.05) is 6.54 Å². The fourth-order valence-corrected chi connectivity index (χ4v) is 3.38. The maximum Gasteiger partial charge on any atom is 0.180 e. The molecule has 4 heteroatoms. The molecule has 2 aromatic rings. The number of benzene rings is 2. The summed E-state index contributed by atoms with van der Waals surface area (Å²) in [7, 11) is -3.21. The van der Waals surface area contributed by atoms with Crippen molar-refractivity contribution in [1.29, 1.82) is 0 Å². The molecule has 0 aromatic heterocycles. The molecule has 0 radical (unpaired) electrons. The first-order chi connectivity index (χ1) is 10.1. The molecule has 2 aromatic carbocycles. The van der Waals surface area contributed by atoms with Gasteiger partial charge < -0.3 is 5.32 Å². The summed E-state index contributed by atoms with van der Waals surface area (Å²) in [5.41, 5.74) is 3.15. The van der Waals surface area contributed by atoms with Gasteiger partial charge in [0.2, 0.25) is 0 Å². The predicted molar refractivity (Wildman–Crippen MR) is 87.3 cm³/mol. The Labute approximate surface area is 126 Å². The Kier molecular flexibility index (Phi) is 5.02. The van der Waals surface area contributed by atoms with Crippen LogP contribution in [0, 0.1) is 0 Å². The standard InChI is InChI=1S/C17H21NO2S/c1-3-14-9-5-6-10-15(14)13-18-16-11-7-8-12-17(16)21(19,20)4-2/h5-12,18H,3-4,13H2,1-2H3. The van der Waals surface area contributed by atoms with Crippen molar-refractivity contribution in [3.8, 4) is 0 Å². The third kappa shape index (κ3) is 3.64. The highest BCUT2D eigenvalue weighted by Crippen LogP contribution is 2.23. The van der Waals surface area contributed by atoms with E-state index in [1.165, 1.54) is 11.1 Å². The lowest BCUT2D eigenvalue weighted by atomic mass is 10.1. The van der Waals surface area contributed by atoms with Crippen LogP contribution >= 0.6 is 0 Å². The lowest BCUT2D eigenvalue weighted by molar-refractivity contribution is 0.597. The quantitative estimate of drug-likeness (QED) is 0.886. The highest BCUT2D eigenvalue weighted by Gasteiger charge is 2.15. The summed E-state index contributed by atoms with van der Waals surface area (Å²) in [5.74, 6) is 0.108. The van der Waals surface area contributed by atoms with E-state index < -0.39 is 9.84 Å². The Bertz CT molecular complexity index is 708. The Hall–Kier alpha value is -1.81. The molecule has 0 aliphatic carbocycles. The topological polar surface area (TPSA) is 46.2 Å². The van der Waals surface area contributed by atoms with E-state index in [1.807, 2.05) is 24.3 Å². The number of hydrogen-bond acceptors (Lipinski definition) is 3. The van der Waals surface area contributed by atoms with Crippen molar-refractivity contribution in [1.82, 2.24) is 0 Å². The lowest BCUT2D eigenvalue weighted by Gasteiger charge is -2.13. The molecule has 0 saturated heterocycles. The van der Waals surface area contributed by atoms with Crippen LogP contribution < -0.4 is 5.32 Å². The molecule has 1 N–H and O–H groups in total. The van der Waals surface area contributed by atoms with Gasteiger partial charge in [-0.1, -0.05) is 50.2 Å². The summed E-state index contributed by atoms with van der Waals surface area (Å²) in [5, 5.41) is 3.27. The second kappa shape index (κ2) is 6.76. The molecule has 0 fully saturated rings. The summed E-state index contributed by atoms with van der Waals surface area (Å²) in [6, 6.07) is 15.3. The first kappa shape index (κ1) is 15.6. The molecular formula is C17H21NO2S. The normalized spacial score (nSPS) is 11.3. The van der Waals surface area contributed by atoms with E-state index in [1.54, 1.807) is 19.1 Å². The lowest BCUT2D eigenvalue weighted by Crippen LogP contribution is -2.09. The average Bonchev–Trinajstić information content (AvgIpc) is 2.53. The van der Waals surface area contributed by atoms with Gasteiger partial charge in [0.25, 0.3) is 0 Å². The molecule has 0 spiro atoms. The summed E-state index contributed by atoms with van der Waals surface area (Å²) in [6.07, 6.45) is 0.965. The number of aryl methyl sites for hydroxylation is 1. The van der Waals surface area contributed by atoms with Gasteiger partial charge in [-0.3, -0.25) is 0 Å². The van der Waals surface area contributed by atoms with Crippen molar-refractivity contribution >= 4 is 15.5 Å². The zero-order valence-corrected chi connectivity index (χ0v) is 13.3. The van der Waals surface area contributed by atoms with Crippen LogP contribution in [-0.4, -0.2) is 14.2 Å². The molecule has 0 aliphatic heterocycles. The number of sulfone groups is 1. The molecule has 0 bridgehead atoms. The van der Waals surface area contributed by atoms with Gasteiger partial charge >= 0.3 is 0 Å². The van der Waals surface area contributed by atoms with Crippen molar-refractivity contribution in [3.63, 3.8) is 0 Å². The van der Waals surface area contributed by atoms with E-state index in [0.717, 1.165) is 6.42 Å². The first-order valence-electron chi connectivity index (χ1n) is 7.21. The molecule has 0 saturated carbocycles. The molecule has 112 valence electrons. The van der Waals surface area contributed by atoms with Crippen molar-refractivity contribution < 1.29 is 8.42 Å². The summed E-state index contributed by atoms with van der Waals surface area (Å²) >= 11 is 0. The van der Waals surface area contributed by atoms with E-state index in [9.17, 15) is 8.42 Å². The first-order valence-corrected chi connectivity index (χ1v) is 8.86. The van der Waals surface area contributed by atoms with E-state index in [2.05, 4.69) is 24.4 Å². The second-order valence-corrected chi connectivity index (χ2v) is 7.12. The molecule has 0 heterocycles. The molecule has 3 nitrogen and oxygen atoms in total. The van der Waals surface area contributed by atoms with Crippen molar-refractivity contribution in [2.45, 2.75) is 31.7 Å². The highest BCUT2D eigenvalue weighted by molar-refractivity contribution is 7.91. The largest absolute Gasteiger partial charge is 0.380 e. The third-order valence-electron chi connectivity index (χ3n) is 3.57. The average molecular weight is 303 g/mol. The molecule has 0 amide bonds. The van der Waals surface area contributed by atoms with Crippen LogP contribution in [0.5, 0.6) is 0 Å². The van der Waals surface area contributed by atoms with Crippen LogP contribution in [0.3, 0.4) is 0 Å². The smallest absolute Gasteiger partial charge is 0.180 e. The molecular weight excluding hydrogens is 282 g/mol. The van der Waals surface area contributed by atoms with Gasteiger partial charge in [-0.25, -0.2) is 8.42 Å². The maximum atomic E-state index is 12.1. The minimum absolute atomic E-state index is 0.108. The van der Waals surface area contributed by atoms with E-state index in [4.69, 9.17) is 0 Å². The Morgan fingerprint density at radius 2 is 1.52 bits per heavy atom. The SMILES string of the molecule is CCc1ccccc1CNc1ccccc1S(=O)(=O)CC. The van der Waals surface area contributed by atoms with Crippen LogP contribution in [-0.2, 0) is 22.8 Å². The third-order valence-corrected chi connectivity index (χ3v) is 5.36. The van der Waals surface area contributed by atoms with Crippen molar-refractivity contribution in [2.75, 3.05) is 11.1 Å². The monoisotopic (exact) mass is 303 g/mol. The van der Waals surface area contributed by atoms with Gasteiger partial charge in [-0.15, -0.1) is 0 Å². The maximum absolute atomic E-state index is 12.1. The molecule has 0 aliphatic rings. The number of hydrogen-bond donors (Lipinski definition) is 1. The summed E-state index contributed by atoms with van der Waals surface area (Å²) in [6.45, 7) is 4.41. The molecule has 0 atom stereocenters. The van der Waals surface area contributed by atoms with E-state index >= 15 is 0 Å². The minimum Gasteiger partial charge on any atom is -0.380 e. The molecule has 2 rings (SSSR count). The minimum atomic E-state index is -3.21. The van der Waals surface area contributed by atoms with Gasteiger partial charge in [-0.05, 0) is 29.7 Å². The van der Waals surface area contributed by atoms with Crippen molar-refractivity contribution in [2.24, 2.45) is 0 Å². The highest BCUT2D eigenvalue weighted by atomic mass is 32.2. The number of para-hydroxylation sites is 1. The van der Waals surface area contributed by atoms with Crippen LogP contribution in [0.25, 0.3) is 0 Å². The zero-order chi connectivity index (χ0) is 15.3. The van der Waals surface area contributed by atoms with Crippen LogP contribution in [0.4, 0.5) is 5.69 Å². The fourth-order valence-electron chi connectivity index (χ4n) is 2.30. The van der Waals surface area contributed by atoms with E-state index in [0.29, 0.717) is 17.1 Å². The fraction of sp³-hybridized carbons (Fsp3) is 0.294. The second-order valence-electron chi connectivity index (χ2n) is 4.88. The Balaban J connectivity index is 2.25. The van der Waals surface area contributed by atoms with Crippen LogP contribution in [0.15, 0.2) is 53.4 Å². The summed E-state index contributed by atoms with van der Waals surface area (Å²) < 4.78 is 24.2. The zero-order valence-electron chi connectivity index (χ0n) is 12.5. The Morgan fingerprint density at radius 3 is 2.19 bits per heavy atom. The molecule has 0 unspecified atom stereocenters. The number of rotatable bonds is 6. The predicted octanol–water partition coefficient (Wildman–Crippen LogP) is 3.65. The van der Waals surface area contributed by atoms with Gasteiger partial charge in [0.15, 0.2) is 9.84 Å². The van der Waals surface area contributed by atoms with Crippen LogP contribution in [0.2, 0.25) is 0 Å². The Morgan fingerprint density at radius 1 is 0.905 bits per heavy atom. The molecule has 21 heavy (non-hydrogen) atoms. The van der Waals surface area contributed by atoms with Crippen molar-refractivity contribution in [3.05, 3.63) is 59.7 Å².